The highest BCUT2D eigenvalue weighted by Crippen LogP contribution is 2.64. The normalized spacial score (nSPS) is 43.4. The Morgan fingerprint density at radius 3 is 2.56 bits per heavy atom. The monoisotopic (exact) mass is 362 g/mol. The molecule has 3 atom stereocenters. The number of aromatic nitrogens is 3. The molecule has 1 aromatic rings. The van der Waals surface area contributed by atoms with E-state index >= 15 is 0 Å². The van der Waals surface area contributed by atoms with Gasteiger partial charge in [0, 0.05) is 5.41 Å². The van der Waals surface area contributed by atoms with Crippen LogP contribution in [0.25, 0.3) is 0 Å². The Labute approximate surface area is 146 Å². The van der Waals surface area contributed by atoms with Gasteiger partial charge in [0.1, 0.15) is 12.7 Å². The molecule has 5 aliphatic rings. The standard InChI is InChI=1S/C17H22N4O3S/c22-15(20-14-1-2-25(23,24)8-14)16-4-12-3-13(5-16)7-17(6-12,9-16)21-11-18-10-19-21/h1-2,10-14H,3-9H2,(H,20,22)/t12-,13-,14+,16?,17?/m1/s1. The molecule has 25 heavy (non-hydrogen) atoms. The van der Waals surface area contributed by atoms with Gasteiger partial charge in [0.2, 0.25) is 5.91 Å². The first-order chi connectivity index (χ1) is 11.9. The van der Waals surface area contributed by atoms with Gasteiger partial charge in [0.25, 0.3) is 0 Å². The Bertz CT molecular complexity index is 831. The van der Waals surface area contributed by atoms with E-state index in [1.165, 1.54) is 11.8 Å². The van der Waals surface area contributed by atoms with Crippen molar-refractivity contribution in [2.45, 2.75) is 50.1 Å². The summed E-state index contributed by atoms with van der Waals surface area (Å²) in [4.78, 5) is 17.3. The number of rotatable bonds is 3. The van der Waals surface area contributed by atoms with Crippen molar-refractivity contribution in [3.63, 3.8) is 0 Å². The van der Waals surface area contributed by atoms with Gasteiger partial charge < -0.3 is 5.32 Å². The third-order valence-electron chi connectivity index (χ3n) is 6.66. The second-order valence-corrected chi connectivity index (χ2v) is 10.5. The van der Waals surface area contributed by atoms with E-state index in [0.717, 1.165) is 32.1 Å². The molecule has 4 bridgehead atoms. The fraction of sp³-hybridized carbons (Fsp3) is 0.706. The van der Waals surface area contributed by atoms with E-state index in [-0.39, 0.29) is 17.2 Å². The molecule has 1 aromatic heterocycles. The van der Waals surface area contributed by atoms with Crippen molar-refractivity contribution in [1.82, 2.24) is 20.1 Å². The van der Waals surface area contributed by atoms with E-state index in [9.17, 15) is 13.2 Å². The third kappa shape index (κ3) is 2.37. The number of carbonyl (C=O) groups is 1. The van der Waals surface area contributed by atoms with Gasteiger partial charge in [-0.05, 0) is 56.4 Å². The van der Waals surface area contributed by atoms with Gasteiger partial charge in [-0.25, -0.2) is 18.1 Å². The van der Waals surface area contributed by atoms with E-state index in [4.69, 9.17) is 0 Å². The summed E-state index contributed by atoms with van der Waals surface area (Å²) in [6, 6.07) is -0.396. The first-order valence-electron chi connectivity index (χ1n) is 8.95. The van der Waals surface area contributed by atoms with Crippen LogP contribution in [0.1, 0.15) is 38.5 Å². The van der Waals surface area contributed by atoms with Crippen LogP contribution in [0.2, 0.25) is 0 Å². The van der Waals surface area contributed by atoms with Crippen molar-refractivity contribution in [2.24, 2.45) is 17.3 Å². The van der Waals surface area contributed by atoms with Gasteiger partial charge >= 0.3 is 0 Å². The molecule has 0 spiro atoms. The largest absolute Gasteiger partial charge is 0.348 e. The van der Waals surface area contributed by atoms with Gasteiger partial charge in [0.15, 0.2) is 9.84 Å². The molecule has 1 aliphatic heterocycles. The second kappa shape index (κ2) is 4.93. The lowest BCUT2D eigenvalue weighted by Crippen LogP contribution is -2.61. The van der Waals surface area contributed by atoms with Crippen molar-refractivity contribution in [3.8, 4) is 0 Å². The van der Waals surface area contributed by atoms with Crippen LogP contribution in [0.3, 0.4) is 0 Å². The Morgan fingerprint density at radius 1 is 1.20 bits per heavy atom. The predicted octanol–water partition coefficient (Wildman–Crippen LogP) is 1.00. The molecule has 7 nitrogen and oxygen atoms in total. The SMILES string of the molecule is O=C(N[C@H]1C=CS(=O)(=O)C1)C12C[C@H]3C[C@H](C1)CC(n1cncn1)(C3)C2. The smallest absolute Gasteiger partial charge is 0.226 e. The van der Waals surface area contributed by atoms with Crippen LogP contribution < -0.4 is 5.32 Å². The second-order valence-electron chi connectivity index (χ2n) is 8.54. The fourth-order valence-corrected chi connectivity index (χ4v) is 7.42. The van der Waals surface area contributed by atoms with Crippen LogP contribution in [0.5, 0.6) is 0 Å². The van der Waals surface area contributed by atoms with Crippen LogP contribution in [0.15, 0.2) is 24.1 Å². The molecule has 8 heteroatoms. The average molecular weight is 362 g/mol. The maximum Gasteiger partial charge on any atom is 0.226 e. The highest BCUT2D eigenvalue weighted by molar-refractivity contribution is 7.94. The Morgan fingerprint density at radius 2 is 1.96 bits per heavy atom. The first-order valence-corrected chi connectivity index (χ1v) is 10.7. The number of carbonyl (C=O) groups excluding carboxylic acids is 1. The molecule has 0 unspecified atom stereocenters. The quantitative estimate of drug-likeness (QED) is 0.866. The molecule has 134 valence electrons. The zero-order valence-electron chi connectivity index (χ0n) is 14.0. The Hall–Kier alpha value is -1.70. The van der Waals surface area contributed by atoms with Crippen molar-refractivity contribution in [1.29, 1.82) is 0 Å². The number of hydrogen-bond donors (Lipinski definition) is 1. The van der Waals surface area contributed by atoms with E-state index in [2.05, 4.69) is 15.4 Å². The van der Waals surface area contributed by atoms with Gasteiger partial charge in [-0.2, -0.15) is 5.10 Å². The lowest BCUT2D eigenvalue weighted by molar-refractivity contribution is -0.156. The van der Waals surface area contributed by atoms with Crippen molar-refractivity contribution in [2.75, 3.05) is 5.75 Å². The molecular weight excluding hydrogens is 340 g/mol. The van der Waals surface area contributed by atoms with Crippen LogP contribution in [0, 0.1) is 17.3 Å². The highest BCUT2D eigenvalue weighted by atomic mass is 32.2. The van der Waals surface area contributed by atoms with E-state index in [1.54, 1.807) is 18.7 Å². The van der Waals surface area contributed by atoms with E-state index in [0.29, 0.717) is 11.8 Å². The number of nitrogens with one attached hydrogen (secondary N) is 1. The number of sulfone groups is 1. The van der Waals surface area contributed by atoms with E-state index < -0.39 is 21.3 Å². The summed E-state index contributed by atoms with van der Waals surface area (Å²) in [5, 5.41) is 8.62. The summed E-state index contributed by atoms with van der Waals surface area (Å²) in [5.74, 6) is 1.09. The molecule has 0 saturated heterocycles. The Balaban J connectivity index is 1.43. The molecule has 6 rings (SSSR count). The summed E-state index contributed by atoms with van der Waals surface area (Å²) >= 11 is 0. The minimum absolute atomic E-state index is 0.0180. The van der Waals surface area contributed by atoms with Crippen molar-refractivity contribution >= 4 is 15.7 Å². The van der Waals surface area contributed by atoms with E-state index in [1.807, 2.05) is 4.68 Å². The Kier molecular flexibility index (Phi) is 3.07. The highest BCUT2D eigenvalue weighted by Gasteiger charge is 2.61. The molecule has 4 fully saturated rings. The maximum atomic E-state index is 13.2. The molecule has 2 heterocycles. The minimum atomic E-state index is -3.16. The van der Waals surface area contributed by atoms with Gasteiger partial charge in [-0.1, -0.05) is 0 Å². The minimum Gasteiger partial charge on any atom is -0.348 e. The van der Waals surface area contributed by atoms with Gasteiger partial charge in [-0.15, -0.1) is 0 Å². The first kappa shape index (κ1) is 15.5. The molecule has 0 aromatic carbocycles. The van der Waals surface area contributed by atoms with Crippen molar-refractivity contribution < 1.29 is 13.2 Å². The molecule has 4 saturated carbocycles. The van der Waals surface area contributed by atoms with Crippen LogP contribution in [-0.2, 0) is 20.2 Å². The number of nitrogens with zero attached hydrogens (tertiary/aromatic N) is 3. The lowest BCUT2D eigenvalue weighted by atomic mass is 9.46. The molecule has 1 N–H and O–H groups in total. The molecule has 4 aliphatic carbocycles. The zero-order valence-corrected chi connectivity index (χ0v) is 14.8. The van der Waals surface area contributed by atoms with Crippen LogP contribution in [-0.4, -0.2) is 40.9 Å². The summed E-state index contributed by atoms with van der Waals surface area (Å²) in [6.45, 7) is 0. The summed E-state index contributed by atoms with van der Waals surface area (Å²) in [7, 11) is -3.16. The summed E-state index contributed by atoms with van der Waals surface area (Å²) < 4.78 is 25.2. The predicted molar refractivity (Wildman–Crippen MR) is 90.0 cm³/mol. The fourth-order valence-electron chi connectivity index (χ4n) is 6.19. The topological polar surface area (TPSA) is 94.0 Å². The maximum absolute atomic E-state index is 13.2. The van der Waals surface area contributed by atoms with Crippen LogP contribution >= 0.6 is 0 Å². The zero-order chi connectivity index (χ0) is 17.3. The molecule has 0 radical (unpaired) electrons. The number of amides is 1. The molecule has 1 amide bonds. The van der Waals surface area contributed by atoms with Gasteiger partial charge in [-0.3, -0.25) is 4.79 Å². The number of hydrogen-bond acceptors (Lipinski definition) is 5. The van der Waals surface area contributed by atoms with Crippen LogP contribution in [0.4, 0.5) is 0 Å². The summed E-state index contributed by atoms with van der Waals surface area (Å²) in [6.07, 6.45) is 10.9. The third-order valence-corrected chi connectivity index (χ3v) is 8.06. The average Bonchev–Trinajstić information content (AvgIpc) is 3.16. The summed E-state index contributed by atoms with van der Waals surface area (Å²) in [5.41, 5.74) is -0.494. The van der Waals surface area contributed by atoms with Crippen molar-refractivity contribution in [3.05, 3.63) is 24.1 Å². The van der Waals surface area contributed by atoms with Gasteiger partial charge in [0.05, 0.1) is 22.7 Å². The molecular formula is C17H22N4O3S. The lowest BCUT2D eigenvalue weighted by Gasteiger charge is -2.61.